The Morgan fingerprint density at radius 1 is 1.15 bits per heavy atom. The van der Waals surface area contributed by atoms with Crippen LogP contribution < -0.4 is 14.8 Å². The summed E-state index contributed by atoms with van der Waals surface area (Å²) in [6, 6.07) is 9.96. The highest BCUT2D eigenvalue weighted by atomic mass is 16.6. The molecule has 1 amide bonds. The molecule has 33 heavy (non-hydrogen) atoms. The number of carboxylic acid groups (broad SMARTS) is 1. The topological polar surface area (TPSA) is 155 Å². The zero-order valence-corrected chi connectivity index (χ0v) is 17.6. The van der Waals surface area contributed by atoms with Crippen LogP contribution in [0.25, 0.3) is 11.4 Å². The smallest absolute Gasteiger partial charge is 0.343 e. The normalized spacial score (nSPS) is 14.4. The van der Waals surface area contributed by atoms with Crippen molar-refractivity contribution < 1.29 is 33.7 Å². The second-order valence-corrected chi connectivity index (χ2v) is 7.03. The van der Waals surface area contributed by atoms with Crippen LogP contribution in [0.15, 0.2) is 36.4 Å². The number of fused-ring (bicyclic) bond motifs is 1. The van der Waals surface area contributed by atoms with Gasteiger partial charge in [-0.25, -0.2) is 4.79 Å². The second-order valence-electron chi connectivity index (χ2n) is 7.03. The van der Waals surface area contributed by atoms with Crippen LogP contribution >= 0.6 is 0 Å². The number of rotatable bonds is 8. The molecule has 2 heterocycles. The second kappa shape index (κ2) is 8.94. The number of aliphatic carboxylic acids is 1. The molecule has 4 rings (SSSR count). The van der Waals surface area contributed by atoms with Crippen LogP contribution in [0.4, 0.5) is 5.69 Å². The number of carbonyl (C=O) groups is 3. The van der Waals surface area contributed by atoms with Gasteiger partial charge in [-0.3, -0.25) is 9.59 Å². The molecule has 0 saturated heterocycles. The molecule has 0 spiro atoms. The van der Waals surface area contributed by atoms with Crippen molar-refractivity contribution >= 4 is 23.5 Å². The molecule has 12 nitrogen and oxygen atoms in total. The summed E-state index contributed by atoms with van der Waals surface area (Å²) in [4.78, 5) is 36.6. The molecule has 0 radical (unpaired) electrons. The van der Waals surface area contributed by atoms with E-state index >= 15 is 0 Å². The molecule has 3 aromatic rings. The van der Waals surface area contributed by atoms with Crippen molar-refractivity contribution in [3.8, 4) is 22.9 Å². The molecule has 0 unspecified atom stereocenters. The fourth-order valence-corrected chi connectivity index (χ4v) is 3.45. The van der Waals surface area contributed by atoms with Gasteiger partial charge in [0.15, 0.2) is 18.0 Å². The van der Waals surface area contributed by atoms with Gasteiger partial charge in [-0.1, -0.05) is 6.07 Å². The van der Waals surface area contributed by atoms with E-state index in [2.05, 4.69) is 20.7 Å². The minimum atomic E-state index is -1.08. The molecule has 0 saturated carbocycles. The summed E-state index contributed by atoms with van der Waals surface area (Å²) < 4.78 is 15.9. The standard InChI is InChI=1S/C21H19N5O7/c1-31-14-8-7-13-15(33-21(30)18(13)19(14)32-2)9-16(27)22-12-5-3-11(4-6-12)20-23-25-26(24-20)10-17(28)29/h3-8,15H,9-10H2,1-2H3,(H,22,27)(H,28,29)/t15-/m1/s1. The molecule has 1 aromatic heterocycles. The molecule has 2 N–H and O–H groups in total. The predicted octanol–water partition coefficient (Wildman–Crippen LogP) is 1.68. The van der Waals surface area contributed by atoms with E-state index in [9.17, 15) is 14.4 Å². The van der Waals surface area contributed by atoms with Crippen molar-refractivity contribution in [2.45, 2.75) is 19.1 Å². The Kier molecular flexibility index (Phi) is 5.89. The number of hydrogen-bond acceptors (Lipinski definition) is 9. The van der Waals surface area contributed by atoms with E-state index in [-0.39, 0.29) is 29.5 Å². The van der Waals surface area contributed by atoms with Gasteiger partial charge >= 0.3 is 11.9 Å². The summed E-state index contributed by atoms with van der Waals surface area (Å²) in [5.74, 6) is -1.08. The molecule has 170 valence electrons. The fraction of sp³-hybridized carbons (Fsp3) is 0.238. The number of benzene rings is 2. The summed E-state index contributed by atoms with van der Waals surface area (Å²) in [5.41, 5.74) is 1.92. The number of methoxy groups -OCH3 is 2. The van der Waals surface area contributed by atoms with E-state index in [0.29, 0.717) is 22.6 Å². The Morgan fingerprint density at radius 3 is 2.58 bits per heavy atom. The first-order valence-corrected chi connectivity index (χ1v) is 9.75. The van der Waals surface area contributed by atoms with Gasteiger partial charge in [-0.2, -0.15) is 4.80 Å². The first-order valence-electron chi connectivity index (χ1n) is 9.75. The third-order valence-electron chi connectivity index (χ3n) is 4.91. The number of cyclic esters (lactones) is 1. The number of nitrogens with zero attached hydrogens (tertiary/aromatic N) is 4. The maximum absolute atomic E-state index is 12.6. The minimum absolute atomic E-state index is 0.0823. The van der Waals surface area contributed by atoms with E-state index < -0.39 is 24.6 Å². The number of aromatic nitrogens is 4. The van der Waals surface area contributed by atoms with Crippen molar-refractivity contribution in [3.63, 3.8) is 0 Å². The number of esters is 1. The van der Waals surface area contributed by atoms with Gasteiger partial charge < -0.3 is 24.6 Å². The number of ether oxygens (including phenoxy) is 3. The third kappa shape index (κ3) is 4.44. The van der Waals surface area contributed by atoms with Crippen molar-refractivity contribution in [2.24, 2.45) is 0 Å². The average molecular weight is 453 g/mol. The van der Waals surface area contributed by atoms with Gasteiger partial charge in [-0.05, 0) is 35.5 Å². The maximum atomic E-state index is 12.6. The van der Waals surface area contributed by atoms with Crippen LogP contribution in [0.1, 0.15) is 28.4 Å². The summed E-state index contributed by atoms with van der Waals surface area (Å²) in [6.45, 7) is -0.394. The number of hydrogen-bond donors (Lipinski definition) is 2. The number of carbonyl (C=O) groups excluding carboxylic acids is 2. The van der Waals surface area contributed by atoms with Crippen LogP contribution in [0.3, 0.4) is 0 Å². The number of nitrogens with one attached hydrogen (secondary N) is 1. The Morgan fingerprint density at radius 2 is 1.91 bits per heavy atom. The zero-order valence-electron chi connectivity index (χ0n) is 17.6. The lowest BCUT2D eigenvalue weighted by atomic mass is 10.0. The van der Waals surface area contributed by atoms with Crippen molar-refractivity contribution in [2.75, 3.05) is 19.5 Å². The van der Waals surface area contributed by atoms with Crippen LogP contribution in [-0.4, -0.2) is 57.4 Å². The number of tetrazole rings is 1. The van der Waals surface area contributed by atoms with Gasteiger partial charge in [-0.15, -0.1) is 10.2 Å². The largest absolute Gasteiger partial charge is 0.493 e. The van der Waals surface area contributed by atoms with E-state index in [0.717, 1.165) is 4.80 Å². The molecule has 1 atom stereocenters. The van der Waals surface area contributed by atoms with Gasteiger partial charge in [0, 0.05) is 16.8 Å². The number of amides is 1. The van der Waals surface area contributed by atoms with Crippen LogP contribution in [0.5, 0.6) is 11.5 Å². The van der Waals surface area contributed by atoms with Crippen molar-refractivity contribution in [1.29, 1.82) is 0 Å². The lowest BCUT2D eigenvalue weighted by molar-refractivity contribution is -0.138. The Bertz CT molecular complexity index is 1220. The van der Waals surface area contributed by atoms with Crippen LogP contribution in [0.2, 0.25) is 0 Å². The van der Waals surface area contributed by atoms with E-state index in [1.165, 1.54) is 14.2 Å². The van der Waals surface area contributed by atoms with E-state index in [1.807, 2.05) is 0 Å². The lowest BCUT2D eigenvalue weighted by Crippen LogP contribution is -2.15. The highest BCUT2D eigenvalue weighted by molar-refractivity contribution is 5.99. The predicted molar refractivity (Wildman–Crippen MR) is 112 cm³/mol. The summed E-state index contributed by atoms with van der Waals surface area (Å²) in [5, 5.41) is 23.0. The van der Waals surface area contributed by atoms with Gasteiger partial charge in [0.05, 0.1) is 20.6 Å². The average Bonchev–Trinajstić information content (AvgIpc) is 3.37. The molecule has 12 heteroatoms. The summed E-state index contributed by atoms with van der Waals surface area (Å²) in [7, 11) is 2.90. The van der Waals surface area contributed by atoms with E-state index in [1.54, 1.807) is 36.4 Å². The Hall–Kier alpha value is -4.48. The van der Waals surface area contributed by atoms with Crippen molar-refractivity contribution in [1.82, 2.24) is 20.2 Å². The Balaban J connectivity index is 1.42. The number of carboxylic acids is 1. The van der Waals surface area contributed by atoms with Crippen molar-refractivity contribution in [3.05, 3.63) is 47.5 Å². The maximum Gasteiger partial charge on any atom is 0.343 e. The van der Waals surface area contributed by atoms with Crippen LogP contribution in [0, 0.1) is 0 Å². The quantitative estimate of drug-likeness (QED) is 0.481. The molecule has 0 bridgehead atoms. The molecule has 2 aromatic carbocycles. The first-order chi connectivity index (χ1) is 15.9. The lowest BCUT2D eigenvalue weighted by Gasteiger charge is -2.12. The summed E-state index contributed by atoms with van der Waals surface area (Å²) in [6.07, 6.45) is -0.832. The van der Waals surface area contributed by atoms with E-state index in [4.69, 9.17) is 19.3 Å². The highest BCUT2D eigenvalue weighted by Gasteiger charge is 2.36. The molecule has 0 aliphatic carbocycles. The monoisotopic (exact) mass is 453 g/mol. The molecule has 1 aliphatic heterocycles. The van der Waals surface area contributed by atoms with Crippen LogP contribution in [-0.2, 0) is 20.9 Å². The molecule has 0 fully saturated rings. The molecular weight excluding hydrogens is 434 g/mol. The SMILES string of the molecule is COc1ccc2c(c1OC)C(=O)O[C@@H]2CC(=O)Nc1ccc(-c2nnn(CC(=O)O)n2)cc1. The fourth-order valence-electron chi connectivity index (χ4n) is 3.45. The van der Waals surface area contributed by atoms with Gasteiger partial charge in [0.2, 0.25) is 11.7 Å². The number of anilines is 1. The minimum Gasteiger partial charge on any atom is -0.493 e. The van der Waals surface area contributed by atoms with Gasteiger partial charge in [0.1, 0.15) is 11.7 Å². The summed E-state index contributed by atoms with van der Waals surface area (Å²) >= 11 is 0. The third-order valence-corrected chi connectivity index (χ3v) is 4.91. The zero-order chi connectivity index (χ0) is 23.5. The molecule has 1 aliphatic rings. The first kappa shape index (κ1) is 21.7. The molecular formula is C21H19N5O7. The Labute approximate surface area is 187 Å². The van der Waals surface area contributed by atoms with Gasteiger partial charge in [0.25, 0.3) is 0 Å². The highest BCUT2D eigenvalue weighted by Crippen LogP contribution is 2.43.